The van der Waals surface area contributed by atoms with Crippen molar-refractivity contribution < 1.29 is 13.7 Å². The smallest absolute Gasteiger partial charge is 0.364 e. The number of aromatic nitrogens is 1. The van der Waals surface area contributed by atoms with Gasteiger partial charge in [0.15, 0.2) is 6.20 Å². The van der Waals surface area contributed by atoms with E-state index in [1.165, 1.54) is 0 Å². The van der Waals surface area contributed by atoms with Gasteiger partial charge >= 0.3 is 5.82 Å². The Labute approximate surface area is 71.3 Å². The number of alkyl halides is 2. The Hall–Kier alpha value is -1.79. The molecule has 0 unspecified atom stereocenters. The molecule has 0 aromatic carbocycles. The van der Waals surface area contributed by atoms with Crippen molar-refractivity contribution in [3.63, 3.8) is 0 Å². The first-order valence-electron chi connectivity index (χ1n) is 3.20. The maximum Gasteiger partial charge on any atom is 0.364 e. The van der Waals surface area contributed by atoms with Crippen LogP contribution in [0.5, 0.6) is 0 Å². The Balaban J connectivity index is 3.19. The minimum Gasteiger partial charge on any atom is -0.395 e. The molecule has 1 heterocycles. The monoisotopic (exact) mass is 189 g/mol. The number of nitrogens with two attached hydrogens (primary N) is 1. The van der Waals surface area contributed by atoms with Crippen molar-refractivity contribution in [2.24, 2.45) is 0 Å². The largest absolute Gasteiger partial charge is 0.395 e. The highest BCUT2D eigenvalue weighted by Gasteiger charge is 2.17. The molecule has 13 heavy (non-hydrogen) atoms. The first-order valence-corrected chi connectivity index (χ1v) is 3.20. The van der Waals surface area contributed by atoms with Crippen molar-refractivity contribution in [3.05, 3.63) is 27.9 Å². The molecule has 2 N–H and O–H groups in total. The average Bonchev–Trinajstić information content (AvgIpc) is 2.04. The summed E-state index contributed by atoms with van der Waals surface area (Å²) in [6, 6.07) is 0.667. The topological polar surface area (TPSA) is 82.0 Å². The molecule has 0 saturated carbocycles. The number of nitro groups is 1. The van der Waals surface area contributed by atoms with Gasteiger partial charge in [0.1, 0.15) is 0 Å². The van der Waals surface area contributed by atoms with Crippen LogP contribution in [0.3, 0.4) is 0 Å². The van der Waals surface area contributed by atoms with Crippen molar-refractivity contribution in [2.75, 3.05) is 5.73 Å². The summed E-state index contributed by atoms with van der Waals surface area (Å²) >= 11 is 0. The summed E-state index contributed by atoms with van der Waals surface area (Å²) < 4.78 is 24.3. The minimum atomic E-state index is -2.83. The maximum absolute atomic E-state index is 12.1. The highest BCUT2D eigenvalue weighted by atomic mass is 19.3. The molecule has 0 saturated heterocycles. The molecule has 0 fully saturated rings. The molecule has 1 aromatic rings. The van der Waals surface area contributed by atoms with Crippen molar-refractivity contribution >= 4 is 11.5 Å². The second-order valence-corrected chi connectivity index (χ2v) is 2.23. The molecular weight excluding hydrogens is 184 g/mol. The predicted octanol–water partition coefficient (Wildman–Crippen LogP) is 1.51. The third-order valence-corrected chi connectivity index (χ3v) is 1.38. The lowest BCUT2D eigenvalue weighted by atomic mass is 10.2. The van der Waals surface area contributed by atoms with Gasteiger partial charge in [-0.05, 0) is 9.91 Å². The van der Waals surface area contributed by atoms with Crippen LogP contribution in [-0.4, -0.2) is 9.91 Å². The maximum atomic E-state index is 12.1. The second kappa shape index (κ2) is 3.30. The zero-order valence-electron chi connectivity index (χ0n) is 6.28. The van der Waals surface area contributed by atoms with Gasteiger partial charge in [-0.1, -0.05) is 0 Å². The van der Waals surface area contributed by atoms with Crippen molar-refractivity contribution in [1.82, 2.24) is 4.98 Å². The molecule has 1 rings (SSSR count). The number of pyridine rings is 1. The average molecular weight is 189 g/mol. The highest BCUT2D eigenvalue weighted by molar-refractivity contribution is 5.48. The van der Waals surface area contributed by atoms with Gasteiger partial charge in [0, 0.05) is 6.07 Å². The van der Waals surface area contributed by atoms with Crippen LogP contribution in [0, 0.1) is 10.1 Å². The number of nitrogen functional groups attached to an aromatic ring is 1. The van der Waals surface area contributed by atoms with E-state index in [2.05, 4.69) is 4.98 Å². The van der Waals surface area contributed by atoms with E-state index < -0.39 is 22.7 Å². The van der Waals surface area contributed by atoms with Gasteiger partial charge in [-0.25, -0.2) is 8.78 Å². The first-order chi connectivity index (χ1) is 6.02. The summed E-state index contributed by atoms with van der Waals surface area (Å²) in [5, 5.41) is 10.1. The van der Waals surface area contributed by atoms with Gasteiger partial charge in [-0.15, -0.1) is 0 Å². The molecule has 0 spiro atoms. The van der Waals surface area contributed by atoms with Crippen LogP contribution in [0.4, 0.5) is 20.3 Å². The molecule has 0 radical (unpaired) electrons. The Morgan fingerprint density at radius 1 is 1.62 bits per heavy atom. The Morgan fingerprint density at radius 3 is 2.69 bits per heavy atom. The Bertz CT molecular complexity index is 343. The molecule has 70 valence electrons. The summed E-state index contributed by atoms with van der Waals surface area (Å²) in [4.78, 5) is 12.6. The van der Waals surface area contributed by atoms with Crippen LogP contribution in [-0.2, 0) is 0 Å². The van der Waals surface area contributed by atoms with Gasteiger partial charge in [0.05, 0.1) is 11.3 Å². The lowest BCUT2D eigenvalue weighted by Gasteiger charge is -2.01. The molecular formula is C6H5F2N3O2. The quantitative estimate of drug-likeness (QED) is 0.564. The molecule has 0 aliphatic heterocycles. The summed E-state index contributed by atoms with van der Waals surface area (Å²) in [6.07, 6.45) is -1.98. The van der Waals surface area contributed by atoms with Crippen LogP contribution in [0.2, 0.25) is 0 Å². The van der Waals surface area contributed by atoms with Crippen LogP contribution in [0.1, 0.15) is 12.0 Å². The predicted molar refractivity (Wildman–Crippen MR) is 40.3 cm³/mol. The van der Waals surface area contributed by atoms with E-state index in [0.29, 0.717) is 6.07 Å². The van der Waals surface area contributed by atoms with Crippen molar-refractivity contribution in [1.29, 1.82) is 0 Å². The number of hydrogen-bond acceptors (Lipinski definition) is 4. The molecule has 0 aliphatic rings. The fraction of sp³-hybridized carbons (Fsp3) is 0.167. The van der Waals surface area contributed by atoms with Crippen LogP contribution in [0.15, 0.2) is 12.3 Å². The third kappa shape index (κ3) is 1.86. The zero-order chi connectivity index (χ0) is 10.0. The van der Waals surface area contributed by atoms with E-state index in [1.807, 2.05) is 0 Å². The van der Waals surface area contributed by atoms with Gasteiger partial charge in [-0.2, -0.15) is 0 Å². The van der Waals surface area contributed by atoms with E-state index in [1.54, 1.807) is 0 Å². The molecule has 1 aromatic heterocycles. The van der Waals surface area contributed by atoms with Gasteiger partial charge in [-0.3, -0.25) is 0 Å². The number of nitrogens with zero attached hydrogens (tertiary/aromatic N) is 2. The third-order valence-electron chi connectivity index (χ3n) is 1.38. The summed E-state index contributed by atoms with van der Waals surface area (Å²) in [6.45, 7) is 0. The van der Waals surface area contributed by atoms with E-state index in [4.69, 9.17) is 5.73 Å². The highest BCUT2D eigenvalue weighted by Crippen LogP contribution is 2.26. The van der Waals surface area contributed by atoms with Gasteiger partial charge in [0.25, 0.3) is 6.43 Å². The minimum absolute atomic E-state index is 0.249. The fourth-order valence-electron chi connectivity index (χ4n) is 0.759. The zero-order valence-corrected chi connectivity index (χ0v) is 6.28. The van der Waals surface area contributed by atoms with Gasteiger partial charge in [0.2, 0.25) is 0 Å². The van der Waals surface area contributed by atoms with Gasteiger partial charge < -0.3 is 15.8 Å². The van der Waals surface area contributed by atoms with E-state index in [0.717, 1.165) is 6.20 Å². The number of halogens is 2. The van der Waals surface area contributed by atoms with Crippen molar-refractivity contribution in [3.8, 4) is 0 Å². The normalized spacial score (nSPS) is 10.4. The molecule has 0 atom stereocenters. The van der Waals surface area contributed by atoms with Crippen LogP contribution >= 0.6 is 0 Å². The Kier molecular flexibility index (Phi) is 2.36. The summed E-state index contributed by atoms with van der Waals surface area (Å²) in [7, 11) is 0. The standard InChI is InChI=1S/C6H5F2N3O2/c7-6(8)3-1-5(11(12)13)10-2-4(3)9/h1-2,6H,9H2. The Morgan fingerprint density at radius 2 is 2.23 bits per heavy atom. The molecule has 5 nitrogen and oxygen atoms in total. The van der Waals surface area contributed by atoms with E-state index in [-0.39, 0.29) is 5.69 Å². The number of rotatable bonds is 2. The lowest BCUT2D eigenvalue weighted by Crippen LogP contribution is -1.99. The van der Waals surface area contributed by atoms with E-state index >= 15 is 0 Å². The van der Waals surface area contributed by atoms with Crippen LogP contribution in [0.25, 0.3) is 0 Å². The molecule has 0 amide bonds. The molecule has 0 aliphatic carbocycles. The SMILES string of the molecule is Nc1cnc([N+](=O)[O-])cc1C(F)F. The lowest BCUT2D eigenvalue weighted by molar-refractivity contribution is -0.389. The second-order valence-electron chi connectivity index (χ2n) is 2.23. The van der Waals surface area contributed by atoms with Crippen LogP contribution < -0.4 is 5.73 Å². The fourth-order valence-corrected chi connectivity index (χ4v) is 0.759. The number of hydrogen-bond donors (Lipinski definition) is 1. The molecule has 0 bridgehead atoms. The summed E-state index contributed by atoms with van der Waals surface area (Å²) in [5.41, 5.74) is 4.31. The molecule has 7 heteroatoms. The first kappa shape index (κ1) is 9.30. The van der Waals surface area contributed by atoms with E-state index in [9.17, 15) is 18.9 Å². The number of anilines is 1. The summed E-state index contributed by atoms with van der Waals surface area (Å²) in [5.74, 6) is -0.635. The van der Waals surface area contributed by atoms with Crippen molar-refractivity contribution in [2.45, 2.75) is 6.43 Å².